The third-order valence-corrected chi connectivity index (χ3v) is 5.76. The summed E-state index contributed by atoms with van der Waals surface area (Å²) in [5.74, 6) is -1.13. The molecule has 3 aromatic rings. The predicted molar refractivity (Wildman–Crippen MR) is 145 cm³/mol. The number of nitro benzene ring substituents is 3. The molecule has 0 fully saturated rings. The van der Waals surface area contributed by atoms with Gasteiger partial charge in [0.1, 0.15) is 17.3 Å². The highest BCUT2D eigenvalue weighted by molar-refractivity contribution is 9.10. The smallest absolute Gasteiger partial charge is 0.318 e. The van der Waals surface area contributed by atoms with Crippen molar-refractivity contribution in [2.24, 2.45) is 0 Å². The lowest BCUT2D eigenvalue weighted by molar-refractivity contribution is -0.394. The van der Waals surface area contributed by atoms with Crippen LogP contribution in [-0.2, 0) is 4.79 Å². The quantitative estimate of drug-likeness (QED) is 0.119. The van der Waals surface area contributed by atoms with Gasteiger partial charge in [0, 0.05) is 12.1 Å². The van der Waals surface area contributed by atoms with Crippen LogP contribution in [0.25, 0.3) is 6.08 Å². The maximum absolute atomic E-state index is 12.8. The molecule has 0 radical (unpaired) electrons. The number of carbonyl (C=O) groups is 1. The van der Waals surface area contributed by atoms with Gasteiger partial charge in [0.05, 0.1) is 31.9 Å². The third kappa shape index (κ3) is 6.74. The number of carbonyl (C=O) groups excluding carboxylic acids is 1. The minimum atomic E-state index is -0.898. The summed E-state index contributed by atoms with van der Waals surface area (Å²) < 4.78 is 11.5. The van der Waals surface area contributed by atoms with Crippen molar-refractivity contribution in [3.8, 4) is 23.3 Å². The number of rotatable bonds is 10. The molecule has 1 N–H and O–H groups in total. The molecule has 0 bridgehead atoms. The fourth-order valence-electron chi connectivity index (χ4n) is 3.39. The summed E-state index contributed by atoms with van der Waals surface area (Å²) in [6, 6.07) is 11.7. The van der Waals surface area contributed by atoms with Gasteiger partial charge in [-0.15, -0.1) is 0 Å². The van der Waals surface area contributed by atoms with Crippen molar-refractivity contribution in [2.45, 2.75) is 13.8 Å². The first-order valence-electron chi connectivity index (χ1n) is 11.2. The summed E-state index contributed by atoms with van der Waals surface area (Å²) in [5, 5.41) is 45.9. The Hall–Kier alpha value is -5.36. The summed E-state index contributed by atoms with van der Waals surface area (Å²) in [6.07, 6.45) is 1.21. The van der Waals surface area contributed by atoms with Crippen molar-refractivity contribution in [1.82, 2.24) is 0 Å². The van der Waals surface area contributed by atoms with Crippen LogP contribution in [0.2, 0.25) is 0 Å². The second kappa shape index (κ2) is 12.5. The molecule has 0 heterocycles. The highest BCUT2D eigenvalue weighted by Gasteiger charge is 2.24. The second-order valence-corrected chi connectivity index (χ2v) is 8.79. The van der Waals surface area contributed by atoms with Crippen molar-refractivity contribution in [1.29, 1.82) is 5.26 Å². The van der Waals surface area contributed by atoms with Gasteiger partial charge in [0.25, 0.3) is 17.3 Å². The van der Waals surface area contributed by atoms with Crippen LogP contribution >= 0.6 is 15.9 Å². The summed E-state index contributed by atoms with van der Waals surface area (Å²) in [7, 11) is 0. The first kappa shape index (κ1) is 29.2. The predicted octanol–water partition coefficient (Wildman–Crippen LogP) is 6.22. The van der Waals surface area contributed by atoms with Gasteiger partial charge in [0.15, 0.2) is 11.5 Å². The number of nitrogens with one attached hydrogen (secondary N) is 1. The van der Waals surface area contributed by atoms with E-state index in [0.717, 1.165) is 18.2 Å². The minimum absolute atomic E-state index is 0.00538. The van der Waals surface area contributed by atoms with Gasteiger partial charge < -0.3 is 14.8 Å². The molecule has 0 saturated carbocycles. The first-order chi connectivity index (χ1) is 18.9. The molecule has 0 atom stereocenters. The average Bonchev–Trinajstić information content (AvgIpc) is 2.90. The lowest BCUT2D eigenvalue weighted by Gasteiger charge is -2.14. The van der Waals surface area contributed by atoms with E-state index in [1.165, 1.54) is 30.3 Å². The Morgan fingerprint density at radius 3 is 2.30 bits per heavy atom. The van der Waals surface area contributed by atoms with Crippen molar-refractivity contribution in [3.05, 3.63) is 100 Å². The molecule has 40 heavy (non-hydrogen) atoms. The maximum atomic E-state index is 12.8. The molecule has 1 amide bonds. The molecule has 3 aromatic carbocycles. The standard InChI is InChI=1S/C25H18BrN5O9/c1-3-39-23-11-15(9-16(13-27)25(32)28-19-6-4-14(2)8-20(19)30(35)36)10-18(26)24(23)40-22-7-5-17(29(33)34)12-21(22)31(37)38/h4-12H,3H2,1-2H3,(H,28,32)/b16-9+. The van der Waals surface area contributed by atoms with E-state index < -0.39 is 32.1 Å². The third-order valence-electron chi connectivity index (χ3n) is 5.17. The Kier molecular flexibility index (Phi) is 9.09. The van der Waals surface area contributed by atoms with E-state index in [1.807, 2.05) is 0 Å². The monoisotopic (exact) mass is 611 g/mol. The summed E-state index contributed by atoms with van der Waals surface area (Å²) in [4.78, 5) is 44.4. The number of aryl methyl sites for hydroxylation is 1. The Balaban J connectivity index is 1.99. The molecule has 3 rings (SSSR count). The van der Waals surface area contributed by atoms with E-state index >= 15 is 0 Å². The van der Waals surface area contributed by atoms with Crippen LogP contribution in [0.4, 0.5) is 22.7 Å². The number of hydrogen-bond donors (Lipinski definition) is 1. The number of benzene rings is 3. The Labute approximate surface area is 234 Å². The van der Waals surface area contributed by atoms with Gasteiger partial charge in [-0.3, -0.25) is 35.1 Å². The van der Waals surface area contributed by atoms with Crippen LogP contribution in [-0.4, -0.2) is 27.3 Å². The lowest BCUT2D eigenvalue weighted by Crippen LogP contribution is -2.14. The number of hydrogen-bond acceptors (Lipinski definition) is 10. The van der Waals surface area contributed by atoms with E-state index in [0.29, 0.717) is 5.56 Å². The van der Waals surface area contributed by atoms with Gasteiger partial charge in [0.2, 0.25) is 5.75 Å². The Morgan fingerprint density at radius 2 is 1.70 bits per heavy atom. The van der Waals surface area contributed by atoms with Crippen LogP contribution < -0.4 is 14.8 Å². The molecule has 0 aliphatic carbocycles. The lowest BCUT2D eigenvalue weighted by atomic mass is 10.1. The average molecular weight is 612 g/mol. The topological polar surface area (TPSA) is 201 Å². The fraction of sp³-hybridized carbons (Fsp3) is 0.120. The number of nitrogens with zero attached hydrogens (tertiary/aromatic N) is 4. The van der Waals surface area contributed by atoms with Crippen molar-refractivity contribution in [2.75, 3.05) is 11.9 Å². The number of ether oxygens (including phenoxy) is 2. The van der Waals surface area contributed by atoms with E-state index in [1.54, 1.807) is 26.0 Å². The van der Waals surface area contributed by atoms with Gasteiger partial charge in [-0.2, -0.15) is 5.26 Å². The number of non-ortho nitro benzene ring substituents is 1. The Bertz CT molecular complexity index is 1610. The molecule has 204 valence electrons. The van der Waals surface area contributed by atoms with Crippen LogP contribution in [0, 0.1) is 48.6 Å². The summed E-state index contributed by atoms with van der Waals surface area (Å²) in [6.45, 7) is 3.46. The number of nitriles is 1. The van der Waals surface area contributed by atoms with Crippen LogP contribution in [0.15, 0.2) is 58.6 Å². The van der Waals surface area contributed by atoms with E-state index in [9.17, 15) is 40.4 Å². The molecule has 0 spiro atoms. The highest BCUT2D eigenvalue weighted by atomic mass is 79.9. The molecule has 0 aliphatic rings. The van der Waals surface area contributed by atoms with E-state index in [2.05, 4.69) is 21.2 Å². The van der Waals surface area contributed by atoms with E-state index in [-0.39, 0.29) is 50.8 Å². The van der Waals surface area contributed by atoms with Crippen molar-refractivity contribution >= 4 is 50.7 Å². The van der Waals surface area contributed by atoms with Gasteiger partial charge in [-0.1, -0.05) is 6.07 Å². The molecular formula is C25H18BrN5O9. The molecule has 0 aromatic heterocycles. The summed E-state index contributed by atoms with van der Waals surface area (Å²) in [5.41, 5.74) is -1.08. The summed E-state index contributed by atoms with van der Waals surface area (Å²) >= 11 is 3.29. The second-order valence-electron chi connectivity index (χ2n) is 7.93. The molecule has 0 unspecified atom stereocenters. The van der Waals surface area contributed by atoms with Crippen LogP contribution in [0.1, 0.15) is 18.1 Å². The van der Waals surface area contributed by atoms with Crippen LogP contribution in [0.3, 0.4) is 0 Å². The molecule has 0 aliphatic heterocycles. The number of amides is 1. The van der Waals surface area contributed by atoms with Crippen molar-refractivity contribution < 1.29 is 29.0 Å². The first-order valence-corrected chi connectivity index (χ1v) is 12.0. The minimum Gasteiger partial charge on any atom is -0.490 e. The van der Waals surface area contributed by atoms with Gasteiger partial charge in [-0.25, -0.2) is 0 Å². The Morgan fingerprint density at radius 1 is 1.00 bits per heavy atom. The molecule has 14 nitrogen and oxygen atoms in total. The molecular weight excluding hydrogens is 594 g/mol. The maximum Gasteiger partial charge on any atom is 0.318 e. The fourth-order valence-corrected chi connectivity index (χ4v) is 3.94. The SMILES string of the molecule is CCOc1cc(/C=C(\C#N)C(=O)Nc2ccc(C)cc2[N+](=O)[O-])cc(Br)c1Oc1ccc([N+](=O)[O-])cc1[N+](=O)[O-]. The zero-order valence-corrected chi connectivity index (χ0v) is 22.3. The van der Waals surface area contributed by atoms with E-state index in [4.69, 9.17) is 9.47 Å². The van der Waals surface area contributed by atoms with Crippen molar-refractivity contribution in [3.63, 3.8) is 0 Å². The van der Waals surface area contributed by atoms with Crippen LogP contribution in [0.5, 0.6) is 17.2 Å². The van der Waals surface area contributed by atoms with Gasteiger partial charge >= 0.3 is 5.69 Å². The number of anilines is 1. The molecule has 0 saturated heterocycles. The molecule has 15 heteroatoms. The normalized spacial score (nSPS) is 10.8. The zero-order valence-electron chi connectivity index (χ0n) is 20.7. The largest absolute Gasteiger partial charge is 0.490 e. The number of nitro groups is 3. The van der Waals surface area contributed by atoms with Gasteiger partial charge in [-0.05, 0) is 71.2 Å². The highest BCUT2D eigenvalue weighted by Crippen LogP contribution is 2.43. The zero-order chi connectivity index (χ0) is 29.6. The number of halogens is 1.